The van der Waals surface area contributed by atoms with Crippen LogP contribution in [-0.2, 0) is 4.74 Å². The van der Waals surface area contributed by atoms with Gasteiger partial charge in [-0.05, 0) is 72.9 Å². The Morgan fingerprint density at radius 2 is 1.25 bits per heavy atom. The number of nitrogens with zero attached hydrogens (tertiary/aromatic N) is 2. The van der Waals surface area contributed by atoms with Crippen molar-refractivity contribution < 1.29 is 4.74 Å². The summed E-state index contributed by atoms with van der Waals surface area (Å²) in [4.78, 5) is 5.16. The van der Waals surface area contributed by atoms with Gasteiger partial charge >= 0.3 is 0 Å². The maximum absolute atomic E-state index is 5.59. The van der Waals surface area contributed by atoms with Gasteiger partial charge < -0.3 is 4.74 Å². The van der Waals surface area contributed by atoms with Crippen molar-refractivity contribution in [3.05, 3.63) is 0 Å². The van der Waals surface area contributed by atoms with E-state index in [1.807, 2.05) is 0 Å². The van der Waals surface area contributed by atoms with Crippen LogP contribution in [0.3, 0.4) is 0 Å². The lowest BCUT2D eigenvalue weighted by Crippen LogP contribution is -2.58. The van der Waals surface area contributed by atoms with Crippen LogP contribution in [0.1, 0.15) is 81.6 Å². The lowest BCUT2D eigenvalue weighted by Gasteiger charge is -2.49. The summed E-state index contributed by atoms with van der Waals surface area (Å²) in [6, 6.07) is 0.538. The van der Waals surface area contributed by atoms with Crippen LogP contribution in [0.5, 0.6) is 0 Å². The molecule has 1 unspecified atom stereocenters. The monoisotopic (exact) mass is 340 g/mol. The molecular formula is C21H44N2O. The standard InChI is InChI=1S/C12H25NO.C9H19N/c1-11(2,3)10-9-14-8-7-13(10)12(4,5)6;1-9(2,3)10-7-5-4-6-8-10/h10H,7-9H2,1-6H3;4-8H2,1-3H3. The van der Waals surface area contributed by atoms with E-state index in [2.05, 4.69) is 72.1 Å². The summed E-state index contributed by atoms with van der Waals surface area (Å²) in [5.74, 6) is 0. The van der Waals surface area contributed by atoms with E-state index in [1.165, 1.54) is 32.4 Å². The number of likely N-dealkylation sites (tertiary alicyclic amines) is 1. The van der Waals surface area contributed by atoms with Crippen molar-refractivity contribution in [3.63, 3.8) is 0 Å². The molecule has 0 aliphatic carbocycles. The van der Waals surface area contributed by atoms with Gasteiger partial charge in [0.25, 0.3) is 0 Å². The minimum absolute atomic E-state index is 0.252. The van der Waals surface area contributed by atoms with Crippen molar-refractivity contribution in [2.24, 2.45) is 5.41 Å². The minimum Gasteiger partial charge on any atom is -0.378 e. The SMILES string of the molecule is CC(C)(C)C1COCCN1C(C)(C)C.CC(C)(C)N1CCCCC1. The van der Waals surface area contributed by atoms with Gasteiger partial charge in [-0.1, -0.05) is 27.2 Å². The first kappa shape index (κ1) is 21.9. The van der Waals surface area contributed by atoms with E-state index in [-0.39, 0.29) is 5.54 Å². The summed E-state index contributed by atoms with van der Waals surface area (Å²) in [5.41, 5.74) is 0.954. The quantitative estimate of drug-likeness (QED) is 0.630. The second-order valence-corrected chi connectivity index (χ2v) is 10.5. The first-order chi connectivity index (χ1) is 10.8. The molecule has 2 saturated heterocycles. The van der Waals surface area contributed by atoms with Crippen LogP contribution in [-0.4, -0.2) is 59.8 Å². The highest BCUT2D eigenvalue weighted by molar-refractivity contribution is 4.91. The van der Waals surface area contributed by atoms with Crippen LogP contribution in [0.25, 0.3) is 0 Å². The number of rotatable bonds is 0. The Morgan fingerprint density at radius 3 is 1.58 bits per heavy atom. The normalized spacial score (nSPS) is 25.1. The second kappa shape index (κ2) is 8.51. The molecule has 2 aliphatic rings. The Labute approximate surface area is 152 Å². The minimum atomic E-state index is 0.252. The largest absolute Gasteiger partial charge is 0.378 e. The van der Waals surface area contributed by atoms with Gasteiger partial charge in [0.15, 0.2) is 0 Å². The highest BCUT2D eigenvalue weighted by Crippen LogP contribution is 2.31. The average Bonchev–Trinajstić information content (AvgIpc) is 2.46. The van der Waals surface area contributed by atoms with Crippen molar-refractivity contribution in [1.82, 2.24) is 9.80 Å². The Hall–Kier alpha value is -0.120. The summed E-state index contributed by atoms with van der Waals surface area (Å²) in [5, 5.41) is 0. The summed E-state index contributed by atoms with van der Waals surface area (Å²) in [7, 11) is 0. The molecule has 24 heavy (non-hydrogen) atoms. The van der Waals surface area contributed by atoms with Gasteiger partial charge in [-0.15, -0.1) is 0 Å². The molecule has 0 N–H and O–H groups in total. The van der Waals surface area contributed by atoms with Crippen LogP contribution in [0.2, 0.25) is 0 Å². The Morgan fingerprint density at radius 1 is 0.708 bits per heavy atom. The van der Waals surface area contributed by atoms with Crippen molar-refractivity contribution >= 4 is 0 Å². The molecule has 0 bridgehead atoms. The van der Waals surface area contributed by atoms with Crippen molar-refractivity contribution in [2.45, 2.75) is 98.7 Å². The Bertz CT molecular complexity index is 332. The molecule has 3 nitrogen and oxygen atoms in total. The van der Waals surface area contributed by atoms with Crippen LogP contribution in [0.4, 0.5) is 0 Å². The van der Waals surface area contributed by atoms with Crippen molar-refractivity contribution in [2.75, 3.05) is 32.8 Å². The van der Waals surface area contributed by atoms with Crippen LogP contribution in [0, 0.1) is 5.41 Å². The average molecular weight is 341 g/mol. The molecule has 0 amide bonds. The Kier molecular flexibility index (Phi) is 7.77. The molecular weight excluding hydrogens is 296 g/mol. The third-order valence-electron chi connectivity index (χ3n) is 5.29. The smallest absolute Gasteiger partial charge is 0.0627 e. The predicted molar refractivity (Wildman–Crippen MR) is 106 cm³/mol. The number of hydrogen-bond donors (Lipinski definition) is 0. The summed E-state index contributed by atoms with van der Waals surface area (Å²) in [6.07, 6.45) is 4.24. The molecule has 0 spiro atoms. The van der Waals surface area contributed by atoms with E-state index in [1.54, 1.807) is 0 Å². The van der Waals surface area contributed by atoms with E-state index in [4.69, 9.17) is 4.74 Å². The van der Waals surface area contributed by atoms with E-state index in [0.717, 1.165) is 19.8 Å². The number of ether oxygens (including phenoxy) is 1. The first-order valence-electron chi connectivity index (χ1n) is 9.93. The molecule has 144 valence electrons. The zero-order chi connectivity index (χ0) is 18.6. The first-order valence-corrected chi connectivity index (χ1v) is 9.93. The molecule has 2 rings (SSSR count). The fourth-order valence-corrected chi connectivity index (χ4v) is 3.69. The van der Waals surface area contributed by atoms with E-state index in [9.17, 15) is 0 Å². The van der Waals surface area contributed by atoms with Crippen LogP contribution < -0.4 is 0 Å². The topological polar surface area (TPSA) is 15.7 Å². The zero-order valence-electron chi connectivity index (χ0n) is 18.0. The van der Waals surface area contributed by atoms with Gasteiger partial charge in [0.1, 0.15) is 0 Å². The van der Waals surface area contributed by atoms with Crippen LogP contribution in [0.15, 0.2) is 0 Å². The molecule has 0 radical (unpaired) electrons. The lowest BCUT2D eigenvalue weighted by atomic mass is 9.83. The molecule has 2 heterocycles. The van der Waals surface area contributed by atoms with Gasteiger partial charge in [-0.25, -0.2) is 0 Å². The molecule has 0 saturated carbocycles. The molecule has 2 aliphatic heterocycles. The second-order valence-electron chi connectivity index (χ2n) is 10.5. The molecule has 0 aromatic rings. The Balaban J connectivity index is 0.000000254. The zero-order valence-corrected chi connectivity index (χ0v) is 18.0. The van der Waals surface area contributed by atoms with E-state index < -0.39 is 0 Å². The van der Waals surface area contributed by atoms with E-state index in [0.29, 0.717) is 17.0 Å². The maximum atomic E-state index is 5.59. The van der Waals surface area contributed by atoms with Gasteiger partial charge in [0, 0.05) is 23.7 Å². The highest BCUT2D eigenvalue weighted by Gasteiger charge is 2.38. The molecule has 3 heteroatoms. The summed E-state index contributed by atoms with van der Waals surface area (Å²) in [6.45, 7) is 26.1. The third-order valence-corrected chi connectivity index (χ3v) is 5.29. The lowest BCUT2D eigenvalue weighted by molar-refractivity contribution is -0.0856. The number of morpholine rings is 1. The predicted octanol–water partition coefficient (Wildman–Crippen LogP) is 4.80. The van der Waals surface area contributed by atoms with Crippen molar-refractivity contribution in [3.8, 4) is 0 Å². The molecule has 0 aromatic carbocycles. The van der Waals surface area contributed by atoms with Crippen LogP contribution >= 0.6 is 0 Å². The fourth-order valence-electron chi connectivity index (χ4n) is 3.69. The van der Waals surface area contributed by atoms with Gasteiger partial charge in [-0.2, -0.15) is 0 Å². The molecule has 1 atom stereocenters. The van der Waals surface area contributed by atoms with Crippen molar-refractivity contribution in [1.29, 1.82) is 0 Å². The van der Waals surface area contributed by atoms with E-state index >= 15 is 0 Å². The third kappa shape index (κ3) is 7.01. The highest BCUT2D eigenvalue weighted by atomic mass is 16.5. The van der Waals surface area contributed by atoms with Gasteiger partial charge in [-0.3, -0.25) is 9.80 Å². The summed E-state index contributed by atoms with van der Waals surface area (Å²) < 4.78 is 5.59. The fraction of sp³-hybridized carbons (Fsp3) is 1.00. The maximum Gasteiger partial charge on any atom is 0.0627 e. The number of hydrogen-bond acceptors (Lipinski definition) is 3. The van der Waals surface area contributed by atoms with Gasteiger partial charge in [0.05, 0.1) is 13.2 Å². The van der Waals surface area contributed by atoms with Gasteiger partial charge in [0.2, 0.25) is 0 Å². The molecule has 2 fully saturated rings. The molecule has 0 aromatic heterocycles. The summed E-state index contributed by atoms with van der Waals surface area (Å²) >= 11 is 0. The number of piperidine rings is 1.